The zero-order chi connectivity index (χ0) is 12.9. The van der Waals surface area contributed by atoms with Gasteiger partial charge in [0, 0.05) is 0 Å². The lowest BCUT2D eigenvalue weighted by molar-refractivity contribution is 0.171. The molecule has 0 aliphatic rings. The van der Waals surface area contributed by atoms with Gasteiger partial charge >= 0.3 is 6.09 Å². The van der Waals surface area contributed by atoms with Crippen LogP contribution in [0.15, 0.2) is 29.4 Å². The molecule has 0 bridgehead atoms. The van der Waals surface area contributed by atoms with Crippen LogP contribution in [0.3, 0.4) is 0 Å². The molecule has 0 spiro atoms. The highest BCUT2D eigenvalue weighted by molar-refractivity contribution is 5.80. The second kappa shape index (κ2) is 5.48. The first kappa shape index (κ1) is 13.2. The van der Waals surface area contributed by atoms with Gasteiger partial charge in [-0.2, -0.15) is 5.10 Å². The molecule has 0 atom stereocenters. The zero-order valence-electron chi connectivity index (χ0n) is 10.7. The molecule has 0 fully saturated rings. The van der Waals surface area contributed by atoms with Crippen molar-refractivity contribution in [3.05, 3.63) is 35.4 Å². The molecule has 92 valence electrons. The average molecular weight is 234 g/mol. The third kappa shape index (κ3) is 4.26. The predicted molar refractivity (Wildman–Crippen MR) is 68.3 cm³/mol. The lowest BCUT2D eigenvalue weighted by atomic mass is 9.87. The summed E-state index contributed by atoms with van der Waals surface area (Å²) in [5, 5.41) is 3.75. The lowest BCUT2D eigenvalue weighted by Gasteiger charge is -2.18. The molecule has 1 aromatic carbocycles. The van der Waals surface area contributed by atoms with Gasteiger partial charge in [-0.25, -0.2) is 10.2 Å². The Morgan fingerprint density at radius 1 is 1.29 bits per heavy atom. The van der Waals surface area contributed by atoms with Crippen LogP contribution in [-0.2, 0) is 10.2 Å². The fourth-order valence-electron chi connectivity index (χ4n) is 1.27. The monoisotopic (exact) mass is 234 g/mol. The quantitative estimate of drug-likeness (QED) is 0.631. The molecular formula is C13H18N2O2. The van der Waals surface area contributed by atoms with Crippen molar-refractivity contribution in [3.63, 3.8) is 0 Å². The van der Waals surface area contributed by atoms with Gasteiger partial charge in [0.2, 0.25) is 0 Å². The smallest absolute Gasteiger partial charge is 0.427 e. The number of nitrogens with one attached hydrogen (secondary N) is 1. The number of ether oxygens (including phenoxy) is 1. The van der Waals surface area contributed by atoms with Crippen molar-refractivity contribution in [2.45, 2.75) is 26.2 Å². The molecule has 1 aromatic rings. The number of rotatable bonds is 2. The number of hydrazone groups is 1. The molecule has 1 N–H and O–H groups in total. The van der Waals surface area contributed by atoms with Gasteiger partial charge in [0.15, 0.2) is 0 Å². The highest BCUT2D eigenvalue weighted by Crippen LogP contribution is 2.21. The summed E-state index contributed by atoms with van der Waals surface area (Å²) in [6, 6.07) is 8.03. The Hall–Kier alpha value is -1.84. The van der Waals surface area contributed by atoms with Crippen LogP contribution in [-0.4, -0.2) is 19.4 Å². The van der Waals surface area contributed by atoms with E-state index in [2.05, 4.69) is 48.2 Å². The topological polar surface area (TPSA) is 50.7 Å². The Labute approximate surface area is 102 Å². The van der Waals surface area contributed by atoms with Crippen molar-refractivity contribution in [2.75, 3.05) is 7.11 Å². The Kier molecular flexibility index (Phi) is 4.26. The van der Waals surface area contributed by atoms with Gasteiger partial charge in [-0.3, -0.25) is 0 Å². The van der Waals surface area contributed by atoms with E-state index < -0.39 is 6.09 Å². The van der Waals surface area contributed by atoms with Crippen LogP contribution in [0.5, 0.6) is 0 Å². The molecule has 1 rings (SSSR count). The Morgan fingerprint density at radius 3 is 2.35 bits per heavy atom. The van der Waals surface area contributed by atoms with Gasteiger partial charge in [0.1, 0.15) is 0 Å². The number of methoxy groups -OCH3 is 1. The fraction of sp³-hybridized carbons (Fsp3) is 0.385. The van der Waals surface area contributed by atoms with Crippen LogP contribution in [0.25, 0.3) is 0 Å². The first-order valence-corrected chi connectivity index (χ1v) is 5.41. The number of hydrogen-bond donors (Lipinski definition) is 1. The first-order chi connectivity index (χ1) is 7.93. The van der Waals surface area contributed by atoms with E-state index in [9.17, 15) is 4.79 Å². The molecule has 0 saturated carbocycles. The number of benzene rings is 1. The molecule has 0 aromatic heterocycles. The molecule has 0 aliphatic heterocycles. The fourth-order valence-corrected chi connectivity index (χ4v) is 1.27. The van der Waals surface area contributed by atoms with Crippen LogP contribution in [0.4, 0.5) is 4.79 Å². The summed E-state index contributed by atoms with van der Waals surface area (Å²) in [7, 11) is 1.29. The number of amides is 1. The molecule has 0 saturated heterocycles. The van der Waals surface area contributed by atoms with Crippen molar-refractivity contribution in [2.24, 2.45) is 5.10 Å². The Balaban J connectivity index is 2.66. The Bertz CT molecular complexity index is 402. The summed E-state index contributed by atoms with van der Waals surface area (Å²) in [4.78, 5) is 10.7. The van der Waals surface area contributed by atoms with Crippen LogP contribution in [0, 0.1) is 0 Å². The minimum atomic E-state index is -0.576. The van der Waals surface area contributed by atoms with E-state index in [0.717, 1.165) is 5.56 Å². The summed E-state index contributed by atoms with van der Waals surface area (Å²) in [6.45, 7) is 6.48. The van der Waals surface area contributed by atoms with Crippen LogP contribution >= 0.6 is 0 Å². The van der Waals surface area contributed by atoms with E-state index in [1.54, 1.807) is 6.21 Å². The maximum absolute atomic E-state index is 10.7. The normalized spacial score (nSPS) is 11.5. The molecule has 0 unspecified atom stereocenters. The lowest BCUT2D eigenvalue weighted by Crippen LogP contribution is -2.16. The molecular weight excluding hydrogens is 216 g/mol. The van der Waals surface area contributed by atoms with E-state index in [1.165, 1.54) is 12.7 Å². The SMILES string of the molecule is COC(=O)N/N=C\c1ccc(C(C)(C)C)cc1. The number of carbonyl (C=O) groups excluding carboxylic acids is 1. The van der Waals surface area contributed by atoms with E-state index in [4.69, 9.17) is 0 Å². The van der Waals surface area contributed by atoms with Crippen molar-refractivity contribution >= 4 is 12.3 Å². The average Bonchev–Trinajstić information content (AvgIpc) is 2.28. The minimum Gasteiger partial charge on any atom is -0.452 e. The maximum atomic E-state index is 10.7. The molecule has 0 radical (unpaired) electrons. The van der Waals surface area contributed by atoms with Crippen molar-refractivity contribution in [1.29, 1.82) is 0 Å². The van der Waals surface area contributed by atoms with Crippen LogP contribution < -0.4 is 5.43 Å². The van der Waals surface area contributed by atoms with Crippen LogP contribution in [0.2, 0.25) is 0 Å². The van der Waals surface area contributed by atoms with Gasteiger partial charge in [0.25, 0.3) is 0 Å². The number of carbonyl (C=O) groups is 1. The van der Waals surface area contributed by atoms with E-state index in [0.29, 0.717) is 0 Å². The van der Waals surface area contributed by atoms with Gasteiger partial charge in [-0.15, -0.1) is 0 Å². The van der Waals surface area contributed by atoms with E-state index in [1.807, 2.05) is 12.1 Å². The van der Waals surface area contributed by atoms with Crippen molar-refractivity contribution in [1.82, 2.24) is 5.43 Å². The second-order valence-electron chi connectivity index (χ2n) is 4.73. The molecule has 4 nitrogen and oxygen atoms in total. The second-order valence-corrected chi connectivity index (χ2v) is 4.73. The minimum absolute atomic E-state index is 0.139. The molecule has 0 aliphatic carbocycles. The molecule has 0 heterocycles. The van der Waals surface area contributed by atoms with E-state index in [-0.39, 0.29) is 5.41 Å². The summed E-state index contributed by atoms with van der Waals surface area (Å²) < 4.78 is 4.39. The summed E-state index contributed by atoms with van der Waals surface area (Å²) in [5.41, 5.74) is 4.56. The van der Waals surface area contributed by atoms with Gasteiger partial charge in [0.05, 0.1) is 13.3 Å². The van der Waals surface area contributed by atoms with Gasteiger partial charge in [-0.1, -0.05) is 45.0 Å². The molecule has 17 heavy (non-hydrogen) atoms. The maximum Gasteiger partial charge on any atom is 0.427 e. The first-order valence-electron chi connectivity index (χ1n) is 5.41. The zero-order valence-corrected chi connectivity index (χ0v) is 10.7. The summed E-state index contributed by atoms with van der Waals surface area (Å²) in [6.07, 6.45) is 0.996. The predicted octanol–water partition coefficient (Wildman–Crippen LogP) is 2.67. The third-order valence-corrected chi connectivity index (χ3v) is 2.33. The summed E-state index contributed by atoms with van der Waals surface area (Å²) >= 11 is 0. The number of nitrogens with zero attached hydrogens (tertiary/aromatic N) is 1. The molecule has 1 amide bonds. The molecule has 4 heteroatoms. The largest absolute Gasteiger partial charge is 0.452 e. The standard InChI is InChI=1S/C13H18N2O2/c1-13(2,3)11-7-5-10(6-8-11)9-14-15-12(16)17-4/h5-9H,1-4H3,(H,15,16)/b14-9-. The van der Waals surface area contributed by atoms with Crippen molar-refractivity contribution < 1.29 is 9.53 Å². The van der Waals surface area contributed by atoms with Crippen LogP contribution in [0.1, 0.15) is 31.9 Å². The third-order valence-electron chi connectivity index (χ3n) is 2.33. The van der Waals surface area contributed by atoms with Gasteiger partial charge in [-0.05, 0) is 16.5 Å². The van der Waals surface area contributed by atoms with E-state index >= 15 is 0 Å². The number of hydrogen-bond acceptors (Lipinski definition) is 3. The van der Waals surface area contributed by atoms with Crippen molar-refractivity contribution in [3.8, 4) is 0 Å². The highest BCUT2D eigenvalue weighted by Gasteiger charge is 2.12. The van der Waals surface area contributed by atoms with Gasteiger partial charge < -0.3 is 4.74 Å². The summed E-state index contributed by atoms with van der Waals surface area (Å²) in [5.74, 6) is 0. The Morgan fingerprint density at radius 2 is 1.88 bits per heavy atom. The highest BCUT2D eigenvalue weighted by atomic mass is 16.5.